The molecule has 8 heteroatoms. The van der Waals surface area contributed by atoms with Crippen molar-refractivity contribution in [2.75, 3.05) is 32.3 Å². The van der Waals surface area contributed by atoms with Crippen LogP contribution in [0.15, 0.2) is 24.3 Å². The van der Waals surface area contributed by atoms with E-state index in [2.05, 4.69) is 6.92 Å². The lowest BCUT2D eigenvalue weighted by Gasteiger charge is -2.36. The van der Waals surface area contributed by atoms with E-state index in [0.29, 0.717) is 32.9 Å². The number of aldehydes is 2. The van der Waals surface area contributed by atoms with E-state index >= 15 is 0 Å². The third-order valence-electron chi connectivity index (χ3n) is 6.29. The van der Waals surface area contributed by atoms with Crippen molar-refractivity contribution in [3.8, 4) is 10.8 Å². The number of aryl methyl sites for hydroxylation is 1. The number of thiophene rings is 1. The second-order valence-electron chi connectivity index (χ2n) is 8.91. The molecule has 1 aliphatic rings. The zero-order chi connectivity index (χ0) is 24.7. The Morgan fingerprint density at radius 1 is 1.09 bits per heavy atom. The van der Waals surface area contributed by atoms with Crippen molar-refractivity contribution in [3.05, 3.63) is 40.3 Å². The quantitative estimate of drug-likeness (QED) is 0.400. The van der Waals surface area contributed by atoms with Gasteiger partial charge in [0.05, 0.1) is 29.8 Å². The lowest BCUT2D eigenvalue weighted by atomic mass is 9.82. The van der Waals surface area contributed by atoms with Crippen LogP contribution in [0.5, 0.6) is 10.8 Å². The number of carbonyl (C=O) groups excluding carboxylic acids is 3. The number of anilines is 1. The molecule has 1 amide bonds. The lowest BCUT2D eigenvalue weighted by Crippen LogP contribution is -2.49. The Bertz CT molecular complexity index is 989. The molecule has 1 aromatic heterocycles. The smallest absolute Gasteiger partial charge is 0.230 e. The SMILES string of the molecule is COCC(COC)N(c1ccc(Oc2sc(C=O)cc2C)cc1C=O)C(=O)[C@H]1CC[C@H](C)CC1. The number of benzene rings is 1. The number of nitrogens with zero attached hydrogens (tertiary/aromatic N) is 1. The van der Waals surface area contributed by atoms with Gasteiger partial charge in [-0.25, -0.2) is 0 Å². The molecule has 2 aromatic rings. The van der Waals surface area contributed by atoms with E-state index in [1.165, 1.54) is 11.3 Å². The summed E-state index contributed by atoms with van der Waals surface area (Å²) in [6.07, 6.45) is 5.21. The maximum Gasteiger partial charge on any atom is 0.230 e. The molecule has 0 aliphatic heterocycles. The Morgan fingerprint density at radius 3 is 2.32 bits per heavy atom. The molecule has 0 bridgehead atoms. The summed E-state index contributed by atoms with van der Waals surface area (Å²) in [5.74, 6) is 0.974. The number of amides is 1. The summed E-state index contributed by atoms with van der Waals surface area (Å²) in [5.41, 5.74) is 1.70. The van der Waals surface area contributed by atoms with Gasteiger partial charge in [0, 0.05) is 31.3 Å². The van der Waals surface area contributed by atoms with Crippen molar-refractivity contribution < 1.29 is 28.6 Å². The Labute approximate surface area is 205 Å². The number of hydrogen-bond acceptors (Lipinski definition) is 7. The molecule has 0 atom stereocenters. The van der Waals surface area contributed by atoms with Crippen LogP contribution in [0.25, 0.3) is 0 Å². The zero-order valence-electron chi connectivity index (χ0n) is 20.2. The van der Waals surface area contributed by atoms with E-state index < -0.39 is 0 Å². The van der Waals surface area contributed by atoms with Crippen LogP contribution in [0.1, 0.15) is 58.2 Å². The summed E-state index contributed by atoms with van der Waals surface area (Å²) < 4.78 is 16.8. The average molecular weight is 488 g/mol. The van der Waals surface area contributed by atoms with Gasteiger partial charge in [-0.3, -0.25) is 14.4 Å². The van der Waals surface area contributed by atoms with E-state index in [1.807, 2.05) is 6.92 Å². The van der Waals surface area contributed by atoms with Gasteiger partial charge in [-0.05, 0) is 62.8 Å². The summed E-state index contributed by atoms with van der Waals surface area (Å²) >= 11 is 1.24. The summed E-state index contributed by atoms with van der Waals surface area (Å²) in [5, 5.41) is 0.590. The first-order valence-corrected chi connectivity index (χ1v) is 12.4. The number of hydrogen-bond donors (Lipinski definition) is 0. The molecule has 0 radical (unpaired) electrons. The molecule has 7 nitrogen and oxygen atoms in total. The molecule has 0 unspecified atom stereocenters. The monoisotopic (exact) mass is 487 g/mol. The Kier molecular flexibility index (Phi) is 9.38. The van der Waals surface area contributed by atoms with Crippen LogP contribution in [0.4, 0.5) is 5.69 Å². The Morgan fingerprint density at radius 2 is 1.76 bits per heavy atom. The number of ether oxygens (including phenoxy) is 3. The third kappa shape index (κ3) is 6.11. The van der Waals surface area contributed by atoms with Gasteiger partial charge in [0.1, 0.15) is 5.75 Å². The predicted octanol–water partition coefficient (Wildman–Crippen LogP) is 5.29. The van der Waals surface area contributed by atoms with Crippen molar-refractivity contribution in [1.82, 2.24) is 0 Å². The predicted molar refractivity (Wildman–Crippen MR) is 132 cm³/mol. The molecule has 0 spiro atoms. The van der Waals surface area contributed by atoms with Crippen LogP contribution < -0.4 is 9.64 Å². The van der Waals surface area contributed by atoms with E-state index in [9.17, 15) is 14.4 Å². The van der Waals surface area contributed by atoms with Crippen LogP contribution in [-0.2, 0) is 14.3 Å². The minimum absolute atomic E-state index is 0.00695. The summed E-state index contributed by atoms with van der Waals surface area (Å²) in [6.45, 7) is 4.64. The van der Waals surface area contributed by atoms with Gasteiger partial charge in [0.15, 0.2) is 17.6 Å². The van der Waals surface area contributed by atoms with Crippen LogP contribution in [-0.4, -0.2) is 52.0 Å². The molecule has 0 N–H and O–H groups in total. The van der Waals surface area contributed by atoms with Crippen molar-refractivity contribution >= 4 is 35.5 Å². The highest BCUT2D eigenvalue weighted by Crippen LogP contribution is 2.37. The van der Waals surface area contributed by atoms with Crippen molar-refractivity contribution in [1.29, 1.82) is 0 Å². The van der Waals surface area contributed by atoms with E-state index in [1.54, 1.807) is 43.4 Å². The van der Waals surface area contributed by atoms with Gasteiger partial charge in [0.2, 0.25) is 5.91 Å². The minimum atomic E-state index is -0.373. The van der Waals surface area contributed by atoms with Gasteiger partial charge < -0.3 is 19.1 Å². The lowest BCUT2D eigenvalue weighted by molar-refractivity contribution is -0.124. The second-order valence-corrected chi connectivity index (χ2v) is 9.95. The first-order chi connectivity index (χ1) is 16.4. The maximum atomic E-state index is 13.8. The van der Waals surface area contributed by atoms with Gasteiger partial charge in [-0.15, -0.1) is 0 Å². The van der Waals surface area contributed by atoms with E-state index in [-0.39, 0.29) is 31.1 Å². The van der Waals surface area contributed by atoms with Gasteiger partial charge in [0.25, 0.3) is 0 Å². The van der Waals surface area contributed by atoms with Crippen LogP contribution >= 0.6 is 11.3 Å². The third-order valence-corrected chi connectivity index (χ3v) is 7.33. The van der Waals surface area contributed by atoms with E-state index in [4.69, 9.17) is 14.2 Å². The van der Waals surface area contributed by atoms with Crippen molar-refractivity contribution in [2.24, 2.45) is 11.8 Å². The van der Waals surface area contributed by atoms with Gasteiger partial charge >= 0.3 is 0 Å². The maximum absolute atomic E-state index is 13.8. The van der Waals surface area contributed by atoms with Crippen LogP contribution in [0.2, 0.25) is 0 Å². The largest absolute Gasteiger partial charge is 0.446 e. The summed E-state index contributed by atoms with van der Waals surface area (Å²) in [4.78, 5) is 39.2. The molecule has 0 saturated heterocycles. The average Bonchev–Trinajstić information content (AvgIpc) is 3.19. The first-order valence-electron chi connectivity index (χ1n) is 11.5. The van der Waals surface area contributed by atoms with Crippen molar-refractivity contribution in [3.63, 3.8) is 0 Å². The van der Waals surface area contributed by atoms with Gasteiger partial charge in [-0.2, -0.15) is 0 Å². The molecule has 1 fully saturated rings. The molecular weight excluding hydrogens is 454 g/mol. The molecular formula is C26H33NO6S. The molecule has 3 rings (SSSR count). The summed E-state index contributed by atoms with van der Waals surface area (Å²) in [7, 11) is 3.17. The highest BCUT2D eigenvalue weighted by Gasteiger charge is 2.34. The summed E-state index contributed by atoms with van der Waals surface area (Å²) in [6, 6.07) is 6.49. The molecule has 1 aliphatic carbocycles. The standard InChI is InChI=1S/C26H33NO6S/c1-17-5-7-19(8-6-17)25(30)27(21(15-31-3)16-32-4)24-10-9-22(12-20(24)13-28)33-26-18(2)11-23(14-29)34-26/h9-14,17,19,21H,5-8,15-16H2,1-4H3/t17-,19-. The molecule has 1 saturated carbocycles. The molecule has 34 heavy (non-hydrogen) atoms. The highest BCUT2D eigenvalue weighted by atomic mass is 32.1. The topological polar surface area (TPSA) is 82.1 Å². The fourth-order valence-electron chi connectivity index (χ4n) is 4.45. The van der Waals surface area contributed by atoms with Gasteiger partial charge in [-0.1, -0.05) is 18.3 Å². The van der Waals surface area contributed by atoms with Crippen LogP contribution in [0, 0.1) is 18.8 Å². The normalized spacial score (nSPS) is 18.0. The molecule has 1 heterocycles. The fourth-order valence-corrected chi connectivity index (χ4v) is 5.30. The number of carbonyl (C=O) groups is 3. The molecule has 184 valence electrons. The van der Waals surface area contributed by atoms with Crippen LogP contribution in [0.3, 0.4) is 0 Å². The Balaban J connectivity index is 1.96. The first kappa shape index (κ1) is 26.1. The minimum Gasteiger partial charge on any atom is -0.446 e. The zero-order valence-corrected chi connectivity index (χ0v) is 21.1. The second kappa shape index (κ2) is 12.2. The Hall–Kier alpha value is -2.55. The number of rotatable bonds is 11. The van der Waals surface area contributed by atoms with Crippen molar-refractivity contribution in [2.45, 2.75) is 45.6 Å². The number of methoxy groups -OCH3 is 2. The molecule has 1 aromatic carbocycles. The van der Waals surface area contributed by atoms with E-state index in [0.717, 1.165) is 43.8 Å². The highest BCUT2D eigenvalue weighted by molar-refractivity contribution is 7.15. The fraction of sp³-hybridized carbons (Fsp3) is 0.500.